The molecule has 0 bridgehead atoms. The number of hydrogen-bond donors (Lipinski definition) is 2. The van der Waals surface area contributed by atoms with Gasteiger partial charge in [0.05, 0.1) is 23.9 Å². The first kappa shape index (κ1) is 8.16. The second-order valence-corrected chi connectivity index (χ2v) is 4.05. The fourth-order valence-electron chi connectivity index (χ4n) is 1.29. The number of thiazole rings is 1. The van der Waals surface area contributed by atoms with E-state index in [1.54, 1.807) is 11.3 Å². The molecule has 0 spiro atoms. The van der Waals surface area contributed by atoms with Crippen LogP contribution in [0.2, 0.25) is 0 Å². The smallest absolute Gasteiger partial charge is 0.0798 e. The summed E-state index contributed by atoms with van der Waals surface area (Å²) in [6, 6.07) is -0.229. The van der Waals surface area contributed by atoms with Crippen molar-refractivity contribution in [2.24, 2.45) is 5.73 Å². The summed E-state index contributed by atoms with van der Waals surface area (Å²) in [4.78, 5) is 5.34. The molecule has 3 nitrogen and oxygen atoms in total. The Morgan fingerprint density at radius 1 is 1.75 bits per heavy atom. The van der Waals surface area contributed by atoms with Gasteiger partial charge in [0.15, 0.2) is 0 Å². The van der Waals surface area contributed by atoms with E-state index in [9.17, 15) is 0 Å². The molecule has 66 valence electrons. The van der Waals surface area contributed by atoms with Crippen LogP contribution in [0.1, 0.15) is 35.4 Å². The number of aliphatic hydroxyl groups excluding tert-OH is 1. The molecule has 0 amide bonds. The molecule has 0 aliphatic heterocycles. The number of aromatic nitrogens is 1. The van der Waals surface area contributed by atoms with Gasteiger partial charge < -0.3 is 10.8 Å². The molecule has 1 heterocycles. The lowest BCUT2D eigenvalue weighted by atomic mass is 10.2. The fraction of sp³-hybridized carbons (Fsp3) is 0.625. The molecule has 1 aliphatic rings. The van der Waals surface area contributed by atoms with E-state index < -0.39 is 0 Å². The van der Waals surface area contributed by atoms with Gasteiger partial charge in [0, 0.05) is 10.8 Å². The number of nitrogens with two attached hydrogens (primary N) is 1. The highest BCUT2D eigenvalue weighted by atomic mass is 32.1. The average molecular weight is 184 g/mol. The third-order valence-electron chi connectivity index (χ3n) is 2.12. The number of nitrogens with zero attached hydrogens (tertiary/aromatic N) is 1. The molecule has 0 radical (unpaired) electrons. The lowest BCUT2D eigenvalue weighted by molar-refractivity contribution is 0.269. The number of aliphatic hydroxyl groups is 1. The summed E-state index contributed by atoms with van der Waals surface area (Å²) in [6.45, 7) is 0.0158. The van der Waals surface area contributed by atoms with E-state index in [0.717, 1.165) is 10.6 Å². The summed E-state index contributed by atoms with van der Waals surface area (Å²) < 4.78 is 0. The molecule has 1 aromatic heterocycles. The van der Waals surface area contributed by atoms with E-state index in [4.69, 9.17) is 10.8 Å². The predicted octanol–water partition coefficient (Wildman–Crippen LogP) is 1.01. The van der Waals surface area contributed by atoms with Crippen LogP contribution in [0.5, 0.6) is 0 Å². The van der Waals surface area contributed by atoms with Crippen molar-refractivity contribution in [2.75, 3.05) is 6.61 Å². The summed E-state index contributed by atoms with van der Waals surface area (Å²) in [5, 5.41) is 8.89. The Bertz CT molecular complexity index is 270. The minimum absolute atomic E-state index is 0.0158. The van der Waals surface area contributed by atoms with E-state index >= 15 is 0 Å². The van der Waals surface area contributed by atoms with Gasteiger partial charge >= 0.3 is 0 Å². The van der Waals surface area contributed by atoms with E-state index in [-0.39, 0.29) is 12.6 Å². The van der Waals surface area contributed by atoms with Crippen molar-refractivity contribution in [3.05, 3.63) is 16.1 Å². The van der Waals surface area contributed by atoms with E-state index in [1.165, 1.54) is 12.8 Å². The average Bonchev–Trinajstić information content (AvgIpc) is 2.83. The summed E-state index contributed by atoms with van der Waals surface area (Å²) in [5.41, 5.74) is 8.67. The van der Waals surface area contributed by atoms with Gasteiger partial charge in [-0.05, 0) is 12.8 Å². The topological polar surface area (TPSA) is 59.1 Å². The van der Waals surface area contributed by atoms with Gasteiger partial charge in [0.2, 0.25) is 0 Å². The molecule has 1 aliphatic carbocycles. The zero-order valence-corrected chi connectivity index (χ0v) is 7.55. The van der Waals surface area contributed by atoms with Crippen molar-refractivity contribution < 1.29 is 5.11 Å². The standard InChI is InChI=1S/C8H12N2OS/c9-6(3-11)8-7(5-1-2-5)10-4-12-8/h4-6,11H,1-3,9H2/t6-/m1/s1. The Morgan fingerprint density at radius 2 is 2.50 bits per heavy atom. The maximum atomic E-state index is 8.89. The zero-order chi connectivity index (χ0) is 8.55. The highest BCUT2D eigenvalue weighted by Crippen LogP contribution is 2.42. The first-order valence-electron chi connectivity index (χ1n) is 4.12. The van der Waals surface area contributed by atoms with Crippen LogP contribution in [0.4, 0.5) is 0 Å². The maximum Gasteiger partial charge on any atom is 0.0798 e. The highest BCUT2D eigenvalue weighted by Gasteiger charge is 2.29. The Morgan fingerprint density at radius 3 is 3.08 bits per heavy atom. The van der Waals surface area contributed by atoms with Gasteiger partial charge in [-0.3, -0.25) is 0 Å². The lowest BCUT2D eigenvalue weighted by Crippen LogP contribution is -2.14. The van der Waals surface area contributed by atoms with Crippen molar-refractivity contribution in [3.63, 3.8) is 0 Å². The predicted molar refractivity (Wildman–Crippen MR) is 48.1 cm³/mol. The van der Waals surface area contributed by atoms with Gasteiger partial charge in [-0.25, -0.2) is 4.98 Å². The van der Waals surface area contributed by atoms with Crippen LogP contribution in [0, 0.1) is 0 Å². The van der Waals surface area contributed by atoms with Gasteiger partial charge in [0.25, 0.3) is 0 Å². The molecule has 1 aromatic rings. The lowest BCUT2D eigenvalue weighted by Gasteiger charge is -2.06. The molecule has 1 fully saturated rings. The molecular weight excluding hydrogens is 172 g/mol. The molecule has 12 heavy (non-hydrogen) atoms. The monoisotopic (exact) mass is 184 g/mol. The molecular formula is C8H12N2OS. The molecule has 2 rings (SSSR count). The molecule has 0 unspecified atom stereocenters. The fourth-order valence-corrected chi connectivity index (χ4v) is 2.16. The van der Waals surface area contributed by atoms with Crippen LogP contribution in [0.25, 0.3) is 0 Å². The van der Waals surface area contributed by atoms with E-state index in [1.807, 2.05) is 5.51 Å². The van der Waals surface area contributed by atoms with Gasteiger partial charge in [-0.2, -0.15) is 0 Å². The first-order chi connectivity index (χ1) is 5.83. The number of rotatable bonds is 3. The second kappa shape index (κ2) is 3.12. The van der Waals surface area contributed by atoms with E-state index in [0.29, 0.717) is 5.92 Å². The summed E-state index contributed by atoms with van der Waals surface area (Å²) in [5.74, 6) is 0.629. The molecule has 0 aromatic carbocycles. The van der Waals surface area contributed by atoms with Crippen LogP contribution < -0.4 is 5.73 Å². The van der Waals surface area contributed by atoms with Gasteiger partial charge in [-0.15, -0.1) is 11.3 Å². The second-order valence-electron chi connectivity index (χ2n) is 3.17. The van der Waals surface area contributed by atoms with Crippen molar-refractivity contribution in [2.45, 2.75) is 24.8 Å². The normalized spacial score (nSPS) is 19.5. The largest absolute Gasteiger partial charge is 0.394 e. The number of hydrogen-bond acceptors (Lipinski definition) is 4. The van der Waals surface area contributed by atoms with Crippen LogP contribution in [-0.2, 0) is 0 Å². The molecule has 1 saturated carbocycles. The van der Waals surface area contributed by atoms with Crippen molar-refractivity contribution >= 4 is 11.3 Å². The first-order valence-corrected chi connectivity index (χ1v) is 5.00. The minimum atomic E-state index is -0.229. The third kappa shape index (κ3) is 1.37. The Labute approximate surface area is 75.2 Å². The summed E-state index contributed by atoms with van der Waals surface area (Å²) in [6.07, 6.45) is 2.46. The quantitative estimate of drug-likeness (QED) is 0.737. The van der Waals surface area contributed by atoms with Gasteiger partial charge in [0.1, 0.15) is 0 Å². The summed E-state index contributed by atoms with van der Waals surface area (Å²) in [7, 11) is 0. The minimum Gasteiger partial charge on any atom is -0.394 e. The van der Waals surface area contributed by atoms with Crippen LogP contribution in [-0.4, -0.2) is 16.7 Å². The van der Waals surface area contributed by atoms with Crippen molar-refractivity contribution in [3.8, 4) is 0 Å². The van der Waals surface area contributed by atoms with Crippen molar-refractivity contribution in [1.82, 2.24) is 4.98 Å². The van der Waals surface area contributed by atoms with Crippen molar-refractivity contribution in [1.29, 1.82) is 0 Å². The molecule has 1 atom stereocenters. The Hall–Kier alpha value is -0.450. The van der Waals surface area contributed by atoms with Crippen LogP contribution in [0.3, 0.4) is 0 Å². The third-order valence-corrected chi connectivity index (χ3v) is 3.10. The Balaban J connectivity index is 2.23. The van der Waals surface area contributed by atoms with Crippen LogP contribution in [0.15, 0.2) is 5.51 Å². The van der Waals surface area contributed by atoms with E-state index in [2.05, 4.69) is 4.98 Å². The molecule has 0 saturated heterocycles. The Kier molecular flexibility index (Phi) is 2.12. The zero-order valence-electron chi connectivity index (χ0n) is 6.73. The maximum absolute atomic E-state index is 8.89. The molecule has 4 heteroatoms. The van der Waals surface area contributed by atoms with Gasteiger partial charge in [-0.1, -0.05) is 0 Å². The van der Waals surface area contributed by atoms with Crippen LogP contribution >= 0.6 is 11.3 Å². The highest BCUT2D eigenvalue weighted by molar-refractivity contribution is 7.09. The molecule has 3 N–H and O–H groups in total. The SMILES string of the molecule is N[C@H](CO)c1scnc1C1CC1. The summed E-state index contributed by atoms with van der Waals surface area (Å²) >= 11 is 1.55.